The summed E-state index contributed by atoms with van der Waals surface area (Å²) in [6, 6.07) is 26.5. The molecule has 0 radical (unpaired) electrons. The summed E-state index contributed by atoms with van der Waals surface area (Å²) in [6.45, 7) is 0. The van der Waals surface area contributed by atoms with Gasteiger partial charge in [-0.3, -0.25) is 10.1 Å². The fourth-order valence-electron chi connectivity index (χ4n) is 4.56. The molecular weight excluding hydrogens is 598 g/mol. The van der Waals surface area contributed by atoms with E-state index in [0.717, 1.165) is 27.1 Å². The van der Waals surface area contributed by atoms with Crippen LogP contribution in [0.25, 0.3) is 44.1 Å². The van der Waals surface area contributed by atoms with Crippen molar-refractivity contribution in [1.82, 2.24) is 10.3 Å². The van der Waals surface area contributed by atoms with Gasteiger partial charge in [0.25, 0.3) is 5.91 Å². The van der Waals surface area contributed by atoms with E-state index < -0.39 is 5.91 Å². The van der Waals surface area contributed by atoms with Crippen LogP contribution in [0.4, 0.5) is 5.69 Å². The number of aromatic nitrogens is 1. The maximum Gasteiger partial charge on any atom is 0.261 e. The third-order valence-electron chi connectivity index (χ3n) is 6.36. The first-order valence-corrected chi connectivity index (χ1v) is 13.5. The number of methoxy groups -OCH3 is 1. The van der Waals surface area contributed by atoms with Crippen molar-refractivity contribution < 1.29 is 13.9 Å². The first-order chi connectivity index (χ1) is 18.9. The van der Waals surface area contributed by atoms with Gasteiger partial charge < -0.3 is 14.5 Å². The predicted octanol–water partition coefficient (Wildman–Crippen LogP) is 8.35. The van der Waals surface area contributed by atoms with Crippen LogP contribution in [0.5, 0.6) is 5.75 Å². The molecule has 0 aliphatic carbocycles. The number of carbonyl (C=O) groups is 1. The molecular formula is C30H19BrClN3O3S. The van der Waals surface area contributed by atoms with Gasteiger partial charge in [0.15, 0.2) is 10.7 Å². The van der Waals surface area contributed by atoms with Crippen LogP contribution in [0.15, 0.2) is 93.8 Å². The maximum atomic E-state index is 13.1. The molecule has 0 atom stereocenters. The minimum Gasteiger partial charge on any atom is -0.495 e. The van der Waals surface area contributed by atoms with Crippen LogP contribution in [0.2, 0.25) is 5.02 Å². The van der Waals surface area contributed by atoms with E-state index in [9.17, 15) is 4.79 Å². The first kappa shape index (κ1) is 25.3. The van der Waals surface area contributed by atoms with Gasteiger partial charge in [-0.15, -0.1) is 0 Å². The van der Waals surface area contributed by atoms with E-state index in [2.05, 4.69) is 26.6 Å². The quantitative estimate of drug-likeness (QED) is 0.194. The van der Waals surface area contributed by atoms with Crippen molar-refractivity contribution in [2.45, 2.75) is 0 Å². The zero-order valence-electron chi connectivity index (χ0n) is 20.4. The number of ether oxygens (including phenoxy) is 1. The summed E-state index contributed by atoms with van der Waals surface area (Å²) < 4.78 is 12.3. The molecule has 5 aromatic carbocycles. The Morgan fingerprint density at radius 1 is 0.974 bits per heavy atom. The van der Waals surface area contributed by atoms with Gasteiger partial charge in [-0.2, -0.15) is 0 Å². The monoisotopic (exact) mass is 615 g/mol. The zero-order valence-corrected chi connectivity index (χ0v) is 23.6. The molecule has 1 heterocycles. The summed E-state index contributed by atoms with van der Waals surface area (Å²) in [4.78, 5) is 17.8. The maximum absolute atomic E-state index is 13.1. The lowest BCUT2D eigenvalue weighted by Crippen LogP contribution is -2.34. The number of carbonyl (C=O) groups excluding carboxylic acids is 1. The molecule has 0 aliphatic heterocycles. The largest absolute Gasteiger partial charge is 0.495 e. The molecule has 6 nitrogen and oxygen atoms in total. The van der Waals surface area contributed by atoms with Gasteiger partial charge in [0.2, 0.25) is 5.89 Å². The Hall–Kier alpha value is -3.98. The molecule has 0 bridgehead atoms. The SMILES string of the molecule is COc1c(C(=O)NC(=S)Nc2ccc3oc(-c4cccc5c(Cl)cccc45)nc3c2)cc2ccccc2c1Br. The highest BCUT2D eigenvalue weighted by Crippen LogP contribution is 2.37. The van der Waals surface area contributed by atoms with Gasteiger partial charge in [0.1, 0.15) is 11.3 Å². The average Bonchev–Trinajstić information content (AvgIpc) is 3.36. The van der Waals surface area contributed by atoms with E-state index in [1.54, 1.807) is 12.1 Å². The molecule has 9 heteroatoms. The number of oxazole rings is 1. The van der Waals surface area contributed by atoms with E-state index in [-0.39, 0.29) is 5.11 Å². The van der Waals surface area contributed by atoms with Gasteiger partial charge in [0, 0.05) is 21.7 Å². The highest BCUT2D eigenvalue weighted by Gasteiger charge is 2.19. The van der Waals surface area contributed by atoms with Crippen LogP contribution in [0, 0.1) is 0 Å². The molecule has 6 aromatic rings. The second kappa shape index (κ2) is 10.3. The van der Waals surface area contributed by atoms with E-state index >= 15 is 0 Å². The number of halogens is 2. The Morgan fingerprint density at radius 3 is 2.59 bits per heavy atom. The van der Waals surface area contributed by atoms with E-state index in [4.69, 9.17) is 38.0 Å². The zero-order chi connectivity index (χ0) is 27.1. The molecule has 6 rings (SSSR count). The third-order valence-corrected chi connectivity index (χ3v) is 7.68. The minimum absolute atomic E-state index is 0.137. The van der Waals surface area contributed by atoms with Crippen molar-refractivity contribution in [3.63, 3.8) is 0 Å². The van der Waals surface area contributed by atoms with Crippen LogP contribution in [0.3, 0.4) is 0 Å². The Kier molecular flexibility index (Phi) is 6.68. The van der Waals surface area contributed by atoms with Gasteiger partial charge in [-0.1, -0.05) is 60.1 Å². The number of nitrogens with zero attached hydrogens (tertiary/aromatic N) is 1. The van der Waals surface area contributed by atoms with E-state index in [0.29, 0.717) is 43.5 Å². The van der Waals surface area contributed by atoms with Crippen molar-refractivity contribution in [1.29, 1.82) is 0 Å². The van der Waals surface area contributed by atoms with Crippen molar-refractivity contribution in [3.05, 3.63) is 100.0 Å². The molecule has 0 aliphatic rings. The molecule has 0 saturated carbocycles. The molecule has 1 aromatic heterocycles. The molecule has 2 N–H and O–H groups in total. The van der Waals surface area contributed by atoms with Crippen molar-refractivity contribution in [2.24, 2.45) is 0 Å². The van der Waals surface area contributed by atoms with Crippen LogP contribution < -0.4 is 15.4 Å². The Labute approximate surface area is 242 Å². The Bertz CT molecular complexity index is 1940. The van der Waals surface area contributed by atoms with Crippen LogP contribution in [0.1, 0.15) is 10.4 Å². The van der Waals surface area contributed by atoms with Crippen LogP contribution in [-0.4, -0.2) is 23.1 Å². The van der Waals surface area contributed by atoms with Gasteiger partial charge >= 0.3 is 0 Å². The summed E-state index contributed by atoms with van der Waals surface area (Å²) in [5.41, 5.74) is 3.12. The number of rotatable bonds is 4. The number of anilines is 1. The molecule has 0 unspecified atom stereocenters. The van der Waals surface area contributed by atoms with Gasteiger partial charge in [0.05, 0.1) is 17.1 Å². The predicted molar refractivity (Wildman–Crippen MR) is 164 cm³/mol. The molecule has 0 spiro atoms. The molecule has 39 heavy (non-hydrogen) atoms. The fraction of sp³-hybridized carbons (Fsp3) is 0.0333. The van der Waals surface area contributed by atoms with E-state index in [1.165, 1.54) is 7.11 Å². The number of hydrogen-bond acceptors (Lipinski definition) is 5. The lowest BCUT2D eigenvalue weighted by Gasteiger charge is -2.14. The second-order valence-corrected chi connectivity index (χ2v) is 10.4. The summed E-state index contributed by atoms with van der Waals surface area (Å²) in [6.07, 6.45) is 0. The number of thiocarbonyl (C=S) groups is 1. The summed E-state index contributed by atoms with van der Waals surface area (Å²) in [7, 11) is 1.52. The van der Waals surface area contributed by atoms with E-state index in [1.807, 2.05) is 72.8 Å². The fourth-order valence-corrected chi connectivity index (χ4v) is 5.75. The number of hydrogen-bond donors (Lipinski definition) is 2. The minimum atomic E-state index is -0.393. The highest BCUT2D eigenvalue weighted by atomic mass is 79.9. The van der Waals surface area contributed by atoms with Gasteiger partial charge in [-0.05, 0) is 80.7 Å². The van der Waals surface area contributed by atoms with Crippen molar-refractivity contribution in [3.8, 4) is 17.2 Å². The molecule has 1 amide bonds. The highest BCUT2D eigenvalue weighted by molar-refractivity contribution is 9.10. The second-order valence-electron chi connectivity index (χ2n) is 8.74. The number of nitrogens with one attached hydrogen (secondary N) is 2. The normalized spacial score (nSPS) is 11.2. The standard InChI is InChI=1S/C30H19BrClN3O3S/c1-37-27-22(14-16-6-2-3-7-18(16)26(27)31)28(36)35-30(39)33-17-12-13-25-24(15-17)34-29(38-25)21-10-4-9-20-19(21)8-5-11-23(20)32/h2-15H,1H3,(H2,33,35,36,39). The Balaban J connectivity index is 1.24. The van der Waals surface area contributed by atoms with Crippen molar-refractivity contribution >= 4 is 89.1 Å². The van der Waals surface area contributed by atoms with Gasteiger partial charge in [-0.25, -0.2) is 4.98 Å². The number of benzene rings is 5. The molecule has 0 saturated heterocycles. The third kappa shape index (κ3) is 4.71. The smallest absolute Gasteiger partial charge is 0.261 e. The Morgan fingerprint density at radius 2 is 1.74 bits per heavy atom. The summed E-state index contributed by atoms with van der Waals surface area (Å²) in [5, 5.41) is 10.3. The van der Waals surface area contributed by atoms with Crippen LogP contribution in [-0.2, 0) is 0 Å². The summed E-state index contributed by atoms with van der Waals surface area (Å²) >= 11 is 15.4. The molecule has 192 valence electrons. The molecule has 0 fully saturated rings. The summed E-state index contributed by atoms with van der Waals surface area (Å²) in [5.74, 6) is 0.523. The number of amides is 1. The lowest BCUT2D eigenvalue weighted by molar-refractivity contribution is 0.0975. The lowest BCUT2D eigenvalue weighted by atomic mass is 10.0. The van der Waals surface area contributed by atoms with Crippen LogP contribution >= 0.6 is 39.7 Å². The number of fused-ring (bicyclic) bond motifs is 3. The first-order valence-electron chi connectivity index (χ1n) is 11.9. The topological polar surface area (TPSA) is 76.4 Å². The average molecular weight is 617 g/mol. The van der Waals surface area contributed by atoms with Crippen molar-refractivity contribution in [2.75, 3.05) is 12.4 Å².